The van der Waals surface area contributed by atoms with Crippen molar-refractivity contribution in [3.63, 3.8) is 0 Å². The predicted octanol–water partition coefficient (Wildman–Crippen LogP) is 3.68. The van der Waals surface area contributed by atoms with E-state index in [1.165, 1.54) is 0 Å². The van der Waals surface area contributed by atoms with Gasteiger partial charge in [0.05, 0.1) is 16.7 Å². The zero-order valence-electron chi connectivity index (χ0n) is 15.4. The van der Waals surface area contributed by atoms with Gasteiger partial charge in [0.1, 0.15) is 5.60 Å². The zero-order chi connectivity index (χ0) is 18.0. The number of aromatic nitrogens is 2. The fraction of sp³-hybridized carbons (Fsp3) is 0.778. The Balaban J connectivity index is 1.50. The molecule has 0 radical (unpaired) electrons. The van der Waals surface area contributed by atoms with E-state index in [1.54, 1.807) is 0 Å². The number of piperidine rings is 1. The Bertz CT molecular complexity index is 590. The highest BCUT2D eigenvalue weighted by atomic mass is 79.9. The Morgan fingerprint density at radius 1 is 1.28 bits per heavy atom. The summed E-state index contributed by atoms with van der Waals surface area (Å²) in [5.74, 6) is 0. The van der Waals surface area contributed by atoms with E-state index < -0.39 is 5.60 Å². The summed E-state index contributed by atoms with van der Waals surface area (Å²) >= 11 is 3.47. The van der Waals surface area contributed by atoms with Crippen LogP contribution >= 0.6 is 15.9 Å². The molecule has 6 nitrogen and oxygen atoms in total. The zero-order valence-corrected chi connectivity index (χ0v) is 17.0. The number of rotatable bonds is 3. The minimum Gasteiger partial charge on any atom is -0.444 e. The van der Waals surface area contributed by atoms with Gasteiger partial charge in [-0.25, -0.2) is 4.79 Å². The Hall–Kier alpha value is -1.08. The van der Waals surface area contributed by atoms with Crippen molar-refractivity contribution < 1.29 is 9.53 Å². The summed E-state index contributed by atoms with van der Waals surface area (Å²) in [5.41, 5.74) is -0.430. The summed E-state index contributed by atoms with van der Waals surface area (Å²) in [6, 6.07) is 0.762. The topological polar surface area (TPSA) is 50.6 Å². The average molecular weight is 413 g/mol. The maximum atomic E-state index is 12.4. The van der Waals surface area contributed by atoms with E-state index in [-0.39, 0.29) is 12.1 Å². The van der Waals surface area contributed by atoms with Gasteiger partial charge in [0.25, 0.3) is 0 Å². The number of carbonyl (C=O) groups excluding carboxylic acids is 1. The number of carbonyl (C=O) groups is 1. The quantitative estimate of drug-likeness (QED) is 0.759. The molecule has 0 bridgehead atoms. The minimum atomic E-state index is -0.430. The van der Waals surface area contributed by atoms with Gasteiger partial charge in [0.2, 0.25) is 0 Å². The molecule has 3 heterocycles. The van der Waals surface area contributed by atoms with Crippen molar-refractivity contribution in [2.24, 2.45) is 0 Å². The van der Waals surface area contributed by atoms with E-state index >= 15 is 0 Å². The number of likely N-dealkylation sites (tertiary alicyclic amines) is 2. The number of halogens is 1. The number of nitrogens with zero attached hydrogens (tertiary/aromatic N) is 4. The molecule has 1 atom stereocenters. The number of hydrogen-bond acceptors (Lipinski definition) is 4. The first kappa shape index (κ1) is 18.7. The molecule has 2 saturated heterocycles. The third-order valence-electron chi connectivity index (χ3n) is 4.98. The fourth-order valence-electron chi connectivity index (χ4n) is 3.77. The lowest BCUT2D eigenvalue weighted by atomic mass is 10.0. The van der Waals surface area contributed by atoms with Crippen molar-refractivity contribution in [3.05, 3.63) is 16.9 Å². The highest BCUT2D eigenvalue weighted by Gasteiger charge is 2.34. The van der Waals surface area contributed by atoms with Crippen molar-refractivity contribution in [3.8, 4) is 0 Å². The molecule has 2 aliphatic heterocycles. The second-order valence-electron chi connectivity index (χ2n) is 8.14. The molecule has 0 spiro atoms. The van der Waals surface area contributed by atoms with Crippen molar-refractivity contribution in [1.29, 1.82) is 0 Å². The van der Waals surface area contributed by atoms with Crippen molar-refractivity contribution in [2.75, 3.05) is 26.2 Å². The molecule has 140 valence electrons. The number of amides is 1. The van der Waals surface area contributed by atoms with Crippen LogP contribution in [0.4, 0.5) is 4.79 Å². The van der Waals surface area contributed by atoms with E-state index in [2.05, 4.69) is 36.8 Å². The van der Waals surface area contributed by atoms with E-state index in [9.17, 15) is 4.79 Å². The lowest BCUT2D eigenvalue weighted by Crippen LogP contribution is -2.47. The first-order valence-electron chi connectivity index (χ1n) is 9.23. The molecule has 2 aliphatic rings. The maximum absolute atomic E-state index is 12.4. The minimum absolute atomic E-state index is 0.161. The number of ether oxygens (including phenoxy) is 1. The monoisotopic (exact) mass is 412 g/mol. The van der Waals surface area contributed by atoms with Crippen molar-refractivity contribution in [2.45, 2.75) is 64.1 Å². The van der Waals surface area contributed by atoms with Crippen LogP contribution in [0.1, 0.15) is 52.5 Å². The van der Waals surface area contributed by atoms with Gasteiger partial charge in [-0.1, -0.05) is 0 Å². The highest BCUT2D eigenvalue weighted by Crippen LogP contribution is 2.26. The molecule has 0 aromatic carbocycles. The summed E-state index contributed by atoms with van der Waals surface area (Å²) in [4.78, 5) is 16.8. The van der Waals surface area contributed by atoms with Crippen molar-refractivity contribution in [1.82, 2.24) is 19.6 Å². The molecule has 0 unspecified atom stereocenters. The highest BCUT2D eigenvalue weighted by molar-refractivity contribution is 9.10. The average Bonchev–Trinajstić information content (AvgIpc) is 3.15. The molecule has 2 fully saturated rings. The summed E-state index contributed by atoms with van der Waals surface area (Å²) in [7, 11) is 0. The molecule has 1 aromatic heterocycles. The number of hydrogen-bond donors (Lipinski definition) is 0. The fourth-order valence-corrected chi connectivity index (χ4v) is 4.07. The lowest BCUT2D eigenvalue weighted by molar-refractivity contribution is 0.0185. The molecule has 25 heavy (non-hydrogen) atoms. The van der Waals surface area contributed by atoms with Gasteiger partial charge < -0.3 is 14.5 Å². The molecule has 7 heteroatoms. The largest absolute Gasteiger partial charge is 0.444 e. The van der Waals surface area contributed by atoms with Gasteiger partial charge in [-0.15, -0.1) is 0 Å². The van der Waals surface area contributed by atoms with Crippen LogP contribution in [0.2, 0.25) is 0 Å². The second-order valence-corrected chi connectivity index (χ2v) is 9.06. The predicted molar refractivity (Wildman–Crippen MR) is 101 cm³/mol. The molecular formula is C18H29BrN4O2. The van der Waals surface area contributed by atoms with Crippen LogP contribution in [-0.4, -0.2) is 63.5 Å². The van der Waals surface area contributed by atoms with Gasteiger partial charge >= 0.3 is 6.09 Å². The third kappa shape index (κ3) is 4.97. The molecule has 1 aromatic rings. The van der Waals surface area contributed by atoms with Gasteiger partial charge in [-0.2, -0.15) is 5.10 Å². The van der Waals surface area contributed by atoms with E-state index in [0.29, 0.717) is 6.04 Å². The van der Waals surface area contributed by atoms with Crippen LogP contribution in [-0.2, 0) is 4.74 Å². The van der Waals surface area contributed by atoms with E-state index in [1.807, 2.05) is 31.9 Å². The molecular weight excluding hydrogens is 384 g/mol. The standard InChI is InChI=1S/C18H29BrN4O2/c1-18(2,3)25-17(24)22-8-4-5-16(22)13-21-9-6-15(7-10-21)23-12-14(19)11-20-23/h11-12,15-16H,4-10,13H2,1-3H3/t16-/m0/s1. The van der Waals surface area contributed by atoms with Crippen LogP contribution in [0.5, 0.6) is 0 Å². The summed E-state index contributed by atoms with van der Waals surface area (Å²) in [6.45, 7) is 9.66. The maximum Gasteiger partial charge on any atom is 0.410 e. The van der Waals surface area contributed by atoms with Crippen LogP contribution < -0.4 is 0 Å². The first-order valence-corrected chi connectivity index (χ1v) is 10.0. The Morgan fingerprint density at radius 3 is 2.60 bits per heavy atom. The van der Waals surface area contributed by atoms with Crippen LogP contribution in [0.15, 0.2) is 16.9 Å². The lowest BCUT2D eigenvalue weighted by Gasteiger charge is -2.36. The Kier molecular flexibility index (Phi) is 5.73. The van der Waals surface area contributed by atoms with E-state index in [4.69, 9.17) is 4.74 Å². The molecule has 3 rings (SSSR count). The SMILES string of the molecule is CC(C)(C)OC(=O)N1CCC[C@H]1CN1CCC(n2cc(Br)cn2)CC1. The molecule has 1 amide bonds. The normalized spacial score (nSPS) is 23.2. The smallest absolute Gasteiger partial charge is 0.410 e. The van der Waals surface area contributed by atoms with Crippen LogP contribution in [0.25, 0.3) is 0 Å². The van der Waals surface area contributed by atoms with Crippen molar-refractivity contribution >= 4 is 22.0 Å². The van der Waals surface area contributed by atoms with Crippen LogP contribution in [0, 0.1) is 0 Å². The summed E-state index contributed by atoms with van der Waals surface area (Å²) in [5, 5.41) is 4.42. The molecule has 0 N–H and O–H groups in total. The Labute approximate surface area is 158 Å². The van der Waals surface area contributed by atoms with E-state index in [0.717, 1.165) is 56.3 Å². The van der Waals surface area contributed by atoms with Gasteiger partial charge in [0, 0.05) is 38.4 Å². The third-order valence-corrected chi connectivity index (χ3v) is 5.38. The van der Waals surface area contributed by atoms with Gasteiger partial charge in [-0.3, -0.25) is 4.68 Å². The summed E-state index contributed by atoms with van der Waals surface area (Å²) in [6.07, 6.45) is 8.10. The molecule has 0 saturated carbocycles. The van der Waals surface area contributed by atoms with Gasteiger partial charge in [0.15, 0.2) is 0 Å². The summed E-state index contributed by atoms with van der Waals surface area (Å²) < 4.78 is 8.68. The second kappa shape index (κ2) is 7.66. The first-order chi connectivity index (χ1) is 11.8. The van der Waals surface area contributed by atoms with Gasteiger partial charge in [-0.05, 0) is 62.4 Å². The Morgan fingerprint density at radius 2 is 2.00 bits per heavy atom. The molecule has 0 aliphatic carbocycles. The van der Waals surface area contributed by atoms with Crippen LogP contribution in [0.3, 0.4) is 0 Å².